The van der Waals surface area contributed by atoms with Crippen molar-refractivity contribution in [2.45, 2.75) is 6.61 Å². The largest absolute Gasteiger partial charge is 0.495 e. The molecule has 0 saturated carbocycles. The van der Waals surface area contributed by atoms with Gasteiger partial charge >= 0.3 is 0 Å². The van der Waals surface area contributed by atoms with Crippen LogP contribution in [-0.2, 0) is 6.61 Å². The van der Waals surface area contributed by atoms with Crippen LogP contribution in [0.5, 0.6) is 17.2 Å². The van der Waals surface area contributed by atoms with Crippen LogP contribution in [0.25, 0.3) is 0 Å². The Morgan fingerprint density at radius 1 is 1.04 bits per heavy atom. The molecule has 0 bridgehead atoms. The standard InChI is InChI=1S/C20H18BrN3O4/c1-26-16-10-14(11-17(27-2)18(16)21)20(25)24-19-15(4-3-7-23-19)28-12-13-5-8-22-9-6-13/h3-11H,12H2,1-2H3,(H,23,24,25). The molecule has 0 atom stereocenters. The van der Waals surface area contributed by atoms with E-state index in [0.29, 0.717) is 39.7 Å². The van der Waals surface area contributed by atoms with Crippen LogP contribution in [0.15, 0.2) is 59.5 Å². The zero-order valence-electron chi connectivity index (χ0n) is 15.3. The van der Waals surface area contributed by atoms with Gasteiger partial charge in [-0.3, -0.25) is 9.78 Å². The molecule has 0 saturated heterocycles. The van der Waals surface area contributed by atoms with Crippen molar-refractivity contribution in [3.8, 4) is 17.2 Å². The van der Waals surface area contributed by atoms with Gasteiger partial charge in [-0.1, -0.05) is 0 Å². The van der Waals surface area contributed by atoms with Crippen molar-refractivity contribution in [1.29, 1.82) is 0 Å². The van der Waals surface area contributed by atoms with Crippen LogP contribution in [0, 0.1) is 0 Å². The number of anilines is 1. The number of ether oxygens (including phenoxy) is 3. The molecule has 0 aliphatic carbocycles. The van der Waals surface area contributed by atoms with Gasteiger partial charge in [-0.25, -0.2) is 4.98 Å². The number of carbonyl (C=O) groups is 1. The molecule has 7 nitrogen and oxygen atoms in total. The molecule has 8 heteroatoms. The van der Waals surface area contributed by atoms with Crippen molar-refractivity contribution in [1.82, 2.24) is 9.97 Å². The molecule has 0 spiro atoms. The van der Waals surface area contributed by atoms with Gasteiger partial charge in [0.2, 0.25) is 0 Å². The van der Waals surface area contributed by atoms with Gasteiger partial charge in [-0.05, 0) is 57.9 Å². The van der Waals surface area contributed by atoms with Crippen molar-refractivity contribution in [2.24, 2.45) is 0 Å². The number of hydrogen-bond acceptors (Lipinski definition) is 6. The summed E-state index contributed by atoms with van der Waals surface area (Å²) in [6, 6.07) is 10.4. The maximum Gasteiger partial charge on any atom is 0.257 e. The van der Waals surface area contributed by atoms with E-state index in [2.05, 4.69) is 31.2 Å². The predicted molar refractivity (Wildman–Crippen MR) is 108 cm³/mol. The second-order valence-corrected chi connectivity index (χ2v) is 6.44. The number of carbonyl (C=O) groups excluding carboxylic acids is 1. The molecule has 28 heavy (non-hydrogen) atoms. The Hall–Kier alpha value is -3.13. The van der Waals surface area contributed by atoms with Crippen molar-refractivity contribution in [3.63, 3.8) is 0 Å². The molecule has 144 valence electrons. The lowest BCUT2D eigenvalue weighted by Gasteiger charge is -2.13. The first-order chi connectivity index (χ1) is 13.6. The highest BCUT2D eigenvalue weighted by Crippen LogP contribution is 2.36. The summed E-state index contributed by atoms with van der Waals surface area (Å²) in [7, 11) is 3.04. The first-order valence-corrected chi connectivity index (χ1v) is 9.11. The molecule has 0 unspecified atom stereocenters. The zero-order valence-corrected chi connectivity index (χ0v) is 16.9. The Bertz CT molecular complexity index is 942. The van der Waals surface area contributed by atoms with Gasteiger partial charge in [-0.2, -0.15) is 0 Å². The predicted octanol–water partition coefficient (Wildman–Crippen LogP) is 4.09. The number of nitrogens with one attached hydrogen (secondary N) is 1. The minimum Gasteiger partial charge on any atom is -0.495 e. The number of halogens is 1. The number of hydrogen-bond donors (Lipinski definition) is 1. The van der Waals surface area contributed by atoms with Gasteiger partial charge in [-0.15, -0.1) is 0 Å². The van der Waals surface area contributed by atoms with Crippen LogP contribution >= 0.6 is 15.9 Å². The molecule has 1 N–H and O–H groups in total. The second-order valence-electron chi connectivity index (χ2n) is 5.64. The lowest BCUT2D eigenvalue weighted by molar-refractivity contribution is 0.102. The molecule has 0 aliphatic rings. The minimum atomic E-state index is -0.364. The maximum atomic E-state index is 12.7. The van der Waals surface area contributed by atoms with Crippen LogP contribution in [0.1, 0.15) is 15.9 Å². The normalized spacial score (nSPS) is 10.2. The summed E-state index contributed by atoms with van der Waals surface area (Å²) in [5.74, 6) is 1.39. The molecule has 2 heterocycles. The van der Waals surface area contributed by atoms with Crippen molar-refractivity contribution in [3.05, 3.63) is 70.6 Å². The summed E-state index contributed by atoms with van der Waals surface area (Å²) in [6.07, 6.45) is 4.97. The highest BCUT2D eigenvalue weighted by molar-refractivity contribution is 9.10. The van der Waals surface area contributed by atoms with E-state index in [0.717, 1.165) is 5.56 Å². The van der Waals surface area contributed by atoms with Crippen LogP contribution in [0.3, 0.4) is 0 Å². The minimum absolute atomic E-state index is 0.322. The number of rotatable bonds is 7. The Morgan fingerprint density at radius 3 is 2.36 bits per heavy atom. The number of amides is 1. The van der Waals surface area contributed by atoms with E-state index in [9.17, 15) is 4.79 Å². The quantitative estimate of drug-likeness (QED) is 0.591. The Labute approximate surface area is 170 Å². The fraction of sp³-hybridized carbons (Fsp3) is 0.150. The van der Waals surface area contributed by atoms with Gasteiger partial charge in [0, 0.05) is 24.2 Å². The summed E-state index contributed by atoms with van der Waals surface area (Å²) >= 11 is 3.39. The van der Waals surface area contributed by atoms with Gasteiger partial charge in [0.1, 0.15) is 22.6 Å². The molecule has 1 amide bonds. The second kappa shape index (κ2) is 9.18. The first kappa shape index (κ1) is 19.6. The van der Waals surface area contributed by atoms with Crippen LogP contribution in [0.2, 0.25) is 0 Å². The molecular formula is C20H18BrN3O4. The Kier molecular flexibility index (Phi) is 6.44. The fourth-order valence-corrected chi connectivity index (χ4v) is 2.97. The van der Waals surface area contributed by atoms with E-state index in [1.807, 2.05) is 12.1 Å². The van der Waals surface area contributed by atoms with Gasteiger partial charge in [0.05, 0.1) is 14.2 Å². The monoisotopic (exact) mass is 443 g/mol. The number of nitrogens with zero attached hydrogens (tertiary/aromatic N) is 2. The molecule has 0 aliphatic heterocycles. The van der Waals surface area contributed by atoms with Crippen molar-refractivity contribution < 1.29 is 19.0 Å². The molecular weight excluding hydrogens is 426 g/mol. The van der Waals surface area contributed by atoms with E-state index in [-0.39, 0.29) is 5.91 Å². The Balaban J connectivity index is 1.79. The molecule has 3 aromatic rings. The highest BCUT2D eigenvalue weighted by Gasteiger charge is 2.16. The number of benzene rings is 1. The smallest absolute Gasteiger partial charge is 0.257 e. The molecule has 3 rings (SSSR count). The van der Waals surface area contributed by atoms with Gasteiger partial charge < -0.3 is 19.5 Å². The lowest BCUT2D eigenvalue weighted by atomic mass is 10.2. The van der Waals surface area contributed by atoms with Gasteiger partial charge in [0.15, 0.2) is 11.6 Å². The average molecular weight is 444 g/mol. The third-order valence-electron chi connectivity index (χ3n) is 3.85. The zero-order chi connectivity index (χ0) is 19.9. The number of aromatic nitrogens is 2. The summed E-state index contributed by atoms with van der Waals surface area (Å²) in [5, 5.41) is 2.77. The molecule has 0 fully saturated rings. The highest BCUT2D eigenvalue weighted by atomic mass is 79.9. The van der Waals surface area contributed by atoms with Gasteiger partial charge in [0.25, 0.3) is 5.91 Å². The maximum absolute atomic E-state index is 12.7. The van der Waals surface area contributed by atoms with E-state index in [1.165, 1.54) is 14.2 Å². The summed E-state index contributed by atoms with van der Waals surface area (Å²) in [4.78, 5) is 20.9. The lowest BCUT2D eigenvalue weighted by Crippen LogP contribution is -2.14. The SMILES string of the molecule is COc1cc(C(=O)Nc2ncccc2OCc2ccncc2)cc(OC)c1Br. The van der Waals surface area contributed by atoms with E-state index in [1.54, 1.807) is 42.9 Å². The topological polar surface area (TPSA) is 82.6 Å². The van der Waals surface area contributed by atoms with E-state index >= 15 is 0 Å². The van der Waals surface area contributed by atoms with Crippen LogP contribution < -0.4 is 19.5 Å². The molecule has 0 radical (unpaired) electrons. The summed E-state index contributed by atoms with van der Waals surface area (Å²) in [6.45, 7) is 0.330. The Morgan fingerprint density at radius 2 is 1.71 bits per heavy atom. The first-order valence-electron chi connectivity index (χ1n) is 8.32. The average Bonchev–Trinajstić information content (AvgIpc) is 2.74. The van der Waals surface area contributed by atoms with Crippen molar-refractivity contribution >= 4 is 27.7 Å². The third-order valence-corrected chi connectivity index (χ3v) is 4.64. The van der Waals surface area contributed by atoms with Crippen molar-refractivity contribution in [2.75, 3.05) is 19.5 Å². The summed E-state index contributed by atoms with van der Waals surface area (Å²) < 4.78 is 17.0. The van der Waals surface area contributed by atoms with Crippen LogP contribution in [0.4, 0.5) is 5.82 Å². The van der Waals surface area contributed by atoms with Crippen LogP contribution in [-0.4, -0.2) is 30.1 Å². The number of pyridine rings is 2. The number of methoxy groups -OCH3 is 2. The molecule has 2 aromatic heterocycles. The molecule has 1 aromatic carbocycles. The van der Waals surface area contributed by atoms with E-state index in [4.69, 9.17) is 14.2 Å². The summed E-state index contributed by atoms with van der Waals surface area (Å²) in [5.41, 5.74) is 1.32. The third kappa shape index (κ3) is 4.58. The fourth-order valence-electron chi connectivity index (χ4n) is 2.42. The van der Waals surface area contributed by atoms with E-state index < -0.39 is 0 Å².